The molecule has 1 saturated heterocycles. The van der Waals surface area contributed by atoms with Crippen molar-refractivity contribution in [1.29, 1.82) is 0 Å². The smallest absolute Gasteiger partial charge is 0.191 e. The van der Waals surface area contributed by atoms with Gasteiger partial charge in [0.2, 0.25) is 0 Å². The van der Waals surface area contributed by atoms with Gasteiger partial charge in [-0.3, -0.25) is 0 Å². The third-order valence-electron chi connectivity index (χ3n) is 4.49. The van der Waals surface area contributed by atoms with Crippen LogP contribution in [0.3, 0.4) is 0 Å². The minimum Gasteiger partial charge on any atom is -0.377 e. The lowest BCUT2D eigenvalue weighted by molar-refractivity contribution is 0.0268. The third-order valence-corrected chi connectivity index (χ3v) is 4.49. The highest BCUT2D eigenvalue weighted by Crippen LogP contribution is 2.18. The first-order valence-electron chi connectivity index (χ1n) is 9.31. The van der Waals surface area contributed by atoms with Crippen molar-refractivity contribution >= 4 is 11.8 Å². The summed E-state index contributed by atoms with van der Waals surface area (Å²) >= 11 is 0. The van der Waals surface area contributed by atoms with Crippen molar-refractivity contribution in [2.24, 2.45) is 4.99 Å². The standard InChI is InChI=1S/C19H33N5O/c1-5-20-18(23-15-19(2,3)25-4)22-14-16-9-10-21-17(13-16)24-11-7-6-8-12-24/h9-10,13H,5-8,11-12,14-15H2,1-4H3,(H2,20,22,23). The molecule has 0 amide bonds. The Bertz CT molecular complexity index is 553. The molecule has 0 atom stereocenters. The Labute approximate surface area is 152 Å². The van der Waals surface area contributed by atoms with E-state index in [1.165, 1.54) is 24.8 Å². The van der Waals surface area contributed by atoms with Crippen LogP contribution in [-0.2, 0) is 11.3 Å². The quantitative estimate of drug-likeness (QED) is 0.586. The molecule has 1 fully saturated rings. The van der Waals surface area contributed by atoms with Crippen LogP contribution >= 0.6 is 0 Å². The summed E-state index contributed by atoms with van der Waals surface area (Å²) in [5, 5.41) is 6.63. The number of pyridine rings is 1. The zero-order valence-electron chi connectivity index (χ0n) is 16.1. The summed E-state index contributed by atoms with van der Waals surface area (Å²) in [6.45, 7) is 10.5. The van der Waals surface area contributed by atoms with E-state index in [1.807, 2.05) is 12.3 Å². The van der Waals surface area contributed by atoms with Crippen LogP contribution in [0.4, 0.5) is 5.82 Å². The summed E-state index contributed by atoms with van der Waals surface area (Å²) in [7, 11) is 1.73. The van der Waals surface area contributed by atoms with Crippen LogP contribution in [0.2, 0.25) is 0 Å². The molecule has 0 aliphatic carbocycles. The molecule has 0 saturated carbocycles. The summed E-state index contributed by atoms with van der Waals surface area (Å²) in [6.07, 6.45) is 5.74. The summed E-state index contributed by atoms with van der Waals surface area (Å²) in [4.78, 5) is 11.6. The van der Waals surface area contributed by atoms with Gasteiger partial charge >= 0.3 is 0 Å². The molecule has 0 spiro atoms. The van der Waals surface area contributed by atoms with Crippen LogP contribution in [-0.4, -0.2) is 49.8 Å². The van der Waals surface area contributed by atoms with Gasteiger partial charge < -0.3 is 20.3 Å². The maximum Gasteiger partial charge on any atom is 0.191 e. The topological polar surface area (TPSA) is 61.8 Å². The number of anilines is 1. The second-order valence-corrected chi connectivity index (χ2v) is 7.08. The third kappa shape index (κ3) is 6.53. The Morgan fingerprint density at radius 2 is 2.04 bits per heavy atom. The molecule has 1 aromatic rings. The van der Waals surface area contributed by atoms with Gasteiger partial charge in [-0.15, -0.1) is 0 Å². The van der Waals surface area contributed by atoms with Crippen molar-refractivity contribution in [1.82, 2.24) is 15.6 Å². The van der Waals surface area contributed by atoms with Gasteiger partial charge in [0.1, 0.15) is 5.82 Å². The van der Waals surface area contributed by atoms with E-state index < -0.39 is 0 Å². The molecule has 2 N–H and O–H groups in total. The molecule has 1 aromatic heterocycles. The molecule has 0 unspecified atom stereocenters. The maximum atomic E-state index is 5.45. The number of aromatic nitrogens is 1. The van der Waals surface area contributed by atoms with Crippen LogP contribution in [0, 0.1) is 0 Å². The van der Waals surface area contributed by atoms with Crippen LogP contribution in [0.15, 0.2) is 23.3 Å². The van der Waals surface area contributed by atoms with E-state index in [0.29, 0.717) is 13.1 Å². The van der Waals surface area contributed by atoms with Gasteiger partial charge in [-0.2, -0.15) is 0 Å². The number of ether oxygens (including phenoxy) is 1. The normalized spacial score (nSPS) is 16.0. The fourth-order valence-electron chi connectivity index (χ4n) is 2.74. The average molecular weight is 348 g/mol. The molecule has 2 rings (SSSR count). The fraction of sp³-hybridized carbons (Fsp3) is 0.684. The Morgan fingerprint density at radius 1 is 1.28 bits per heavy atom. The molecule has 0 bridgehead atoms. The Hall–Kier alpha value is -1.82. The van der Waals surface area contributed by atoms with E-state index in [2.05, 4.69) is 47.4 Å². The van der Waals surface area contributed by atoms with E-state index in [4.69, 9.17) is 9.73 Å². The molecule has 2 heterocycles. The van der Waals surface area contributed by atoms with E-state index >= 15 is 0 Å². The van der Waals surface area contributed by atoms with E-state index in [1.54, 1.807) is 7.11 Å². The van der Waals surface area contributed by atoms with Gasteiger partial charge in [-0.1, -0.05) is 0 Å². The SMILES string of the molecule is CCNC(=NCc1ccnc(N2CCCCC2)c1)NCC(C)(C)OC. The largest absolute Gasteiger partial charge is 0.377 e. The number of hydrogen-bond acceptors (Lipinski definition) is 4. The highest BCUT2D eigenvalue weighted by Gasteiger charge is 2.16. The average Bonchev–Trinajstić information content (AvgIpc) is 2.65. The van der Waals surface area contributed by atoms with E-state index in [0.717, 1.165) is 31.4 Å². The molecule has 0 radical (unpaired) electrons. The number of methoxy groups -OCH3 is 1. The highest BCUT2D eigenvalue weighted by molar-refractivity contribution is 5.79. The lowest BCUT2D eigenvalue weighted by atomic mass is 10.1. The van der Waals surface area contributed by atoms with Gasteiger partial charge in [0, 0.05) is 39.5 Å². The maximum absolute atomic E-state index is 5.45. The van der Waals surface area contributed by atoms with Crippen molar-refractivity contribution in [3.05, 3.63) is 23.9 Å². The molecule has 140 valence electrons. The Balaban J connectivity index is 1.99. The van der Waals surface area contributed by atoms with Crippen LogP contribution < -0.4 is 15.5 Å². The van der Waals surface area contributed by atoms with Gasteiger partial charge in [-0.05, 0) is 57.7 Å². The monoisotopic (exact) mass is 347 g/mol. The van der Waals surface area contributed by atoms with Crippen molar-refractivity contribution in [2.75, 3.05) is 38.2 Å². The number of piperidine rings is 1. The first kappa shape index (κ1) is 19.5. The molecule has 25 heavy (non-hydrogen) atoms. The number of hydrogen-bond donors (Lipinski definition) is 2. The van der Waals surface area contributed by atoms with Crippen molar-refractivity contribution in [2.45, 2.75) is 52.2 Å². The second kappa shape index (κ2) is 9.61. The molecule has 0 aromatic carbocycles. The lowest BCUT2D eigenvalue weighted by Gasteiger charge is -2.27. The minimum atomic E-state index is -0.228. The molecular formula is C19H33N5O. The fourth-order valence-corrected chi connectivity index (χ4v) is 2.74. The number of nitrogens with zero attached hydrogens (tertiary/aromatic N) is 3. The predicted molar refractivity (Wildman–Crippen MR) is 104 cm³/mol. The molecule has 1 aliphatic heterocycles. The summed E-state index contributed by atoms with van der Waals surface area (Å²) < 4.78 is 5.45. The number of nitrogens with one attached hydrogen (secondary N) is 2. The van der Waals surface area contributed by atoms with Crippen molar-refractivity contribution < 1.29 is 4.74 Å². The Morgan fingerprint density at radius 3 is 2.72 bits per heavy atom. The van der Waals surface area contributed by atoms with Crippen LogP contribution in [0.1, 0.15) is 45.6 Å². The van der Waals surface area contributed by atoms with Crippen LogP contribution in [0.25, 0.3) is 0 Å². The number of guanidine groups is 1. The first-order chi connectivity index (χ1) is 12.0. The summed E-state index contributed by atoms with van der Waals surface area (Å²) in [6, 6.07) is 4.21. The number of aliphatic imine (C=N–C) groups is 1. The molecule has 1 aliphatic rings. The zero-order valence-corrected chi connectivity index (χ0v) is 16.1. The molecule has 6 nitrogen and oxygen atoms in total. The lowest BCUT2D eigenvalue weighted by Crippen LogP contribution is -2.45. The van der Waals surface area contributed by atoms with Crippen molar-refractivity contribution in [3.63, 3.8) is 0 Å². The summed E-state index contributed by atoms with van der Waals surface area (Å²) in [5.74, 6) is 1.88. The first-order valence-corrected chi connectivity index (χ1v) is 9.31. The van der Waals surface area contributed by atoms with Gasteiger partial charge in [0.15, 0.2) is 5.96 Å². The van der Waals surface area contributed by atoms with E-state index in [9.17, 15) is 0 Å². The van der Waals surface area contributed by atoms with Crippen molar-refractivity contribution in [3.8, 4) is 0 Å². The van der Waals surface area contributed by atoms with Gasteiger partial charge in [-0.25, -0.2) is 9.98 Å². The second-order valence-electron chi connectivity index (χ2n) is 7.08. The zero-order chi connectivity index (χ0) is 18.1. The molecule has 6 heteroatoms. The predicted octanol–water partition coefficient (Wildman–Crippen LogP) is 2.55. The summed E-state index contributed by atoms with van der Waals surface area (Å²) in [5.41, 5.74) is 0.952. The molecular weight excluding hydrogens is 314 g/mol. The van der Waals surface area contributed by atoms with Gasteiger partial charge in [0.25, 0.3) is 0 Å². The minimum absolute atomic E-state index is 0.228. The van der Waals surface area contributed by atoms with Crippen LogP contribution in [0.5, 0.6) is 0 Å². The Kier molecular flexibility index (Phi) is 7.50. The van der Waals surface area contributed by atoms with Gasteiger partial charge in [0.05, 0.1) is 12.1 Å². The number of rotatable bonds is 7. The highest BCUT2D eigenvalue weighted by atomic mass is 16.5. The van der Waals surface area contributed by atoms with E-state index in [-0.39, 0.29) is 5.60 Å².